The minimum atomic E-state index is -3.76. The Morgan fingerprint density at radius 2 is 0.656 bits per heavy atom. The molecule has 0 aromatic carbocycles. The third kappa shape index (κ3) is 23.3. The van der Waals surface area contributed by atoms with Gasteiger partial charge in [0.05, 0.1) is 101 Å². The van der Waals surface area contributed by atoms with E-state index in [1.54, 1.807) is 0 Å². The molecule has 58 heteroatoms. The summed E-state index contributed by atoms with van der Waals surface area (Å²) in [5, 5.41) is 336. The zero-order chi connectivity index (χ0) is 95.9. The number of aliphatic hydroxyl groups is 25. The average Bonchev–Trinajstić information content (AvgIpc) is 0.746. The molecule has 8 saturated heterocycles. The molecule has 44 atom stereocenters. The van der Waals surface area contributed by atoms with Gasteiger partial charge < -0.3 is 246 Å². The molecule has 0 aromatic heterocycles. The predicted molar refractivity (Wildman–Crippen MR) is 391 cm³/mol. The summed E-state index contributed by atoms with van der Waals surface area (Å²) < 4.78 is 88.3. The third-order valence-corrected chi connectivity index (χ3v) is 22.6. The second kappa shape index (κ2) is 44.7. The first-order valence-corrected chi connectivity index (χ1v) is 39.6. The summed E-state index contributed by atoms with van der Waals surface area (Å²) >= 11 is 0. The standard InChI is InChI=1S/C70H113N5O53/c1-18(83)71-35-23(88)6-67(63(106)107,123-53(35)40(95)27(92)10-76)114-17-34-45(100)52(39(75-22(5)87)60(118-34)120-51-33(16-82)117-62(119-50-32(15-81)115-59(105)47(102)46(50)101)49(104)58(51)128-70(66(112)113)9-25(90)37(73-20(3)85)55(125-70)42(97)29(94)12-78)121-61-48(103)57(43(98)30(13-79)116-61)127-69(65(110)111)8-26(91)38(74-21(4)86)56(126-69)44(99)31(14-80)122-68(64(108)109)7-24(89)36(72-19(2)84)54(124-68)41(96)28(93)11-77/h23-62,76-82,88-105H,6-17H2,1-5H3,(H,71,83)(H,72,84)(H,73,85)(H,74,86)(H,75,87)(H,106,107)(H,108,109)(H,110,111)(H,112,113)/t23-,24-,25-,26-,27+,28+,29+,30+,31+,32+,33+,34+,35+,36+,37+,38+,39+,40+,41+,42+,43-,44+,45-,46+,47+,48+,49+,50+,51-,52+,53+,54+,55+,56+,57-,58+,59?,60-,61-,62-,67+,68+,69-,70-/m0/s1. The molecule has 8 fully saturated rings. The summed E-state index contributed by atoms with van der Waals surface area (Å²) in [4.78, 5) is 119. The van der Waals surface area contributed by atoms with Crippen molar-refractivity contribution in [1.29, 1.82) is 0 Å². The van der Waals surface area contributed by atoms with Crippen LogP contribution in [0.25, 0.3) is 0 Å². The van der Waals surface area contributed by atoms with E-state index in [0.29, 0.717) is 6.92 Å². The summed E-state index contributed by atoms with van der Waals surface area (Å²) in [6.07, 6.45) is -93.5. The normalized spacial score (nSPS) is 42.5. The van der Waals surface area contributed by atoms with Crippen LogP contribution in [0.1, 0.15) is 60.3 Å². The number of nitrogens with one attached hydrogen (secondary N) is 5. The molecule has 58 nitrogen and oxygen atoms in total. The maximum atomic E-state index is 14.1. The zero-order valence-electron chi connectivity index (χ0n) is 68.3. The van der Waals surface area contributed by atoms with Crippen LogP contribution in [0.2, 0.25) is 0 Å². The van der Waals surface area contributed by atoms with Crippen LogP contribution < -0.4 is 26.6 Å². The summed E-state index contributed by atoms with van der Waals surface area (Å²) in [5.74, 6) is -29.1. The van der Waals surface area contributed by atoms with Crippen molar-refractivity contribution >= 4 is 53.4 Å². The molecular weight excluding hydrogens is 1760 g/mol. The first-order valence-electron chi connectivity index (χ1n) is 39.6. The van der Waals surface area contributed by atoms with E-state index < -0.39 is 400 Å². The highest BCUT2D eigenvalue weighted by atomic mass is 16.8. The maximum Gasteiger partial charge on any atom is 0.364 e. The minimum Gasteiger partial charge on any atom is -0.477 e. The number of carboxylic acid groups (broad SMARTS) is 4. The molecule has 0 saturated carbocycles. The summed E-state index contributed by atoms with van der Waals surface area (Å²) in [6.45, 7) is -7.36. The average molecular weight is 1870 g/mol. The van der Waals surface area contributed by atoms with Crippen molar-refractivity contribution in [3.8, 4) is 0 Å². The van der Waals surface area contributed by atoms with Gasteiger partial charge in [-0.15, -0.1) is 0 Å². The fourth-order valence-corrected chi connectivity index (χ4v) is 16.2. The van der Waals surface area contributed by atoms with Gasteiger partial charge in [-0.2, -0.15) is 0 Å². The fourth-order valence-electron chi connectivity index (χ4n) is 16.2. The van der Waals surface area contributed by atoms with E-state index in [1.165, 1.54) is 0 Å². The molecule has 0 radical (unpaired) electrons. The second-order valence-corrected chi connectivity index (χ2v) is 31.8. The molecule has 8 aliphatic rings. The number of carbonyl (C=O) groups excluding carboxylic acids is 5. The Bertz CT molecular complexity index is 3720. The lowest BCUT2D eigenvalue weighted by molar-refractivity contribution is -0.406. The van der Waals surface area contributed by atoms with Crippen molar-refractivity contribution in [1.82, 2.24) is 26.6 Å². The van der Waals surface area contributed by atoms with Gasteiger partial charge in [-0.05, 0) is 0 Å². The van der Waals surface area contributed by atoms with Gasteiger partial charge in [-0.25, -0.2) is 19.2 Å². The number of hydrogen-bond donors (Lipinski definition) is 34. The number of amides is 5. The van der Waals surface area contributed by atoms with Gasteiger partial charge in [-0.3, -0.25) is 24.0 Å². The van der Waals surface area contributed by atoms with Crippen LogP contribution >= 0.6 is 0 Å². The first kappa shape index (κ1) is 107. The molecule has 8 rings (SSSR count). The van der Waals surface area contributed by atoms with E-state index in [9.17, 15) is 191 Å². The highest BCUT2D eigenvalue weighted by Gasteiger charge is 2.67. The number of ether oxygens (including phenoxy) is 15. The predicted octanol–water partition coefficient (Wildman–Crippen LogP) is -20.9. The number of carboxylic acids is 4. The molecular formula is C70H113N5O53. The van der Waals surface area contributed by atoms with E-state index in [0.717, 1.165) is 27.7 Å². The maximum absolute atomic E-state index is 14.1. The summed E-state index contributed by atoms with van der Waals surface area (Å²) in [7, 11) is 0. The molecule has 128 heavy (non-hydrogen) atoms. The van der Waals surface area contributed by atoms with E-state index in [2.05, 4.69) is 26.6 Å². The Morgan fingerprint density at radius 3 is 1.05 bits per heavy atom. The van der Waals surface area contributed by atoms with Gasteiger partial charge in [0.15, 0.2) is 25.2 Å². The van der Waals surface area contributed by atoms with Crippen LogP contribution in [-0.4, -0.2) is 522 Å². The van der Waals surface area contributed by atoms with Gasteiger partial charge >= 0.3 is 23.9 Å². The van der Waals surface area contributed by atoms with Crippen molar-refractivity contribution in [3.05, 3.63) is 0 Å². The van der Waals surface area contributed by atoms with Gasteiger partial charge in [-0.1, -0.05) is 0 Å². The topological polar surface area (TPSA) is 939 Å². The molecule has 736 valence electrons. The summed E-state index contributed by atoms with van der Waals surface area (Å²) in [6, 6.07) is -10.4. The Kier molecular flexibility index (Phi) is 37.3. The molecule has 1 unspecified atom stereocenters. The van der Waals surface area contributed by atoms with Crippen LogP contribution in [0.4, 0.5) is 0 Å². The lowest BCUT2D eigenvalue weighted by Gasteiger charge is -2.53. The van der Waals surface area contributed by atoms with Crippen LogP contribution in [0.5, 0.6) is 0 Å². The van der Waals surface area contributed by atoms with E-state index in [4.69, 9.17) is 71.1 Å². The molecule has 5 amide bonds. The lowest BCUT2D eigenvalue weighted by atomic mass is 9.87. The molecule has 8 aliphatic heterocycles. The number of carbonyl (C=O) groups is 9. The van der Waals surface area contributed by atoms with Crippen molar-refractivity contribution in [2.75, 3.05) is 52.9 Å². The Labute approximate surface area is 721 Å². The van der Waals surface area contributed by atoms with Gasteiger partial charge in [0, 0.05) is 60.3 Å². The quantitative estimate of drug-likeness (QED) is 0.0272. The van der Waals surface area contributed by atoms with Crippen molar-refractivity contribution in [3.63, 3.8) is 0 Å². The van der Waals surface area contributed by atoms with E-state index >= 15 is 0 Å². The van der Waals surface area contributed by atoms with Crippen molar-refractivity contribution in [2.24, 2.45) is 0 Å². The Balaban J connectivity index is 1.27. The van der Waals surface area contributed by atoms with Crippen LogP contribution in [0.15, 0.2) is 0 Å². The smallest absolute Gasteiger partial charge is 0.364 e. The van der Waals surface area contributed by atoms with E-state index in [1.807, 2.05) is 0 Å². The highest BCUT2D eigenvalue weighted by Crippen LogP contribution is 2.45. The van der Waals surface area contributed by atoms with Crippen molar-refractivity contribution in [2.45, 2.75) is 328 Å². The van der Waals surface area contributed by atoms with Gasteiger partial charge in [0.1, 0.15) is 171 Å². The first-order chi connectivity index (χ1) is 59.9. The van der Waals surface area contributed by atoms with Gasteiger partial charge in [0.2, 0.25) is 29.5 Å². The Hall–Kier alpha value is -6.37. The van der Waals surface area contributed by atoms with Crippen LogP contribution in [-0.2, 0) is 114 Å². The Morgan fingerprint density at radius 1 is 0.336 bits per heavy atom. The number of aliphatic hydroxyl groups excluding tert-OH is 25. The molecule has 34 N–H and O–H groups in total. The van der Waals surface area contributed by atoms with Crippen LogP contribution in [0, 0.1) is 0 Å². The SMILES string of the molecule is CC(=O)N[C@H]1[C@H](O[C@@H]2[C@H](O[C@]3(C(=O)O)C[C@H](O)[C@@H](NC(C)=O)[C@H]([C@H](O)[C@H](O)CO)O3)[C@@H](O)[C@H](O[C@H]3[C@H](O)[C@@H](O)C(O)O[C@@H]3CO)O[C@@H]2CO)O[C@H](CO[C@]2(C(=O)O)C[C@H](O)[C@@H](NC(C)=O)[C@H]([C@H](O)[C@H](O)CO)O2)[C@H](O)[C@@H]1O[C@@H]1O[C@H](CO)[C@H](O)[C@H](O[C@]2(C(=O)O)C[C@H](O)[C@@H](NC(C)=O)[C@H]([C@H](O)[C@@H](CO)O[C@]3(C(=O)O)C[C@H](O)[C@@H](NC(C)=O)[C@H]([C@H](O)[C@H](O)CO)O3)O2)[C@H]1O. The molecule has 0 aromatic rings. The number of rotatable bonds is 39. The minimum absolute atomic E-state index is 0.709. The van der Waals surface area contributed by atoms with Gasteiger partial charge in [0.25, 0.3) is 23.1 Å². The largest absolute Gasteiger partial charge is 0.477 e. The fraction of sp³-hybridized carbons (Fsp3) is 0.871. The second-order valence-electron chi connectivity index (χ2n) is 31.8. The van der Waals surface area contributed by atoms with Crippen LogP contribution in [0.3, 0.4) is 0 Å². The molecule has 8 heterocycles. The summed E-state index contributed by atoms with van der Waals surface area (Å²) in [5.41, 5.74) is 0. The molecule has 0 spiro atoms. The molecule has 0 bridgehead atoms. The zero-order valence-corrected chi connectivity index (χ0v) is 68.3. The number of hydrogen-bond acceptors (Lipinski definition) is 49. The van der Waals surface area contributed by atoms with E-state index in [-0.39, 0.29) is 0 Å². The third-order valence-electron chi connectivity index (χ3n) is 22.6. The van der Waals surface area contributed by atoms with Crippen molar-refractivity contribution < 1.29 is 262 Å². The number of aliphatic carboxylic acids is 4. The lowest BCUT2D eigenvalue weighted by Crippen LogP contribution is -2.73. The highest BCUT2D eigenvalue weighted by molar-refractivity contribution is 5.79. The monoisotopic (exact) mass is 1870 g/mol. The molecule has 0 aliphatic carbocycles.